The summed E-state index contributed by atoms with van der Waals surface area (Å²) in [5, 5.41) is 0. The fraction of sp³-hybridized carbons (Fsp3) is 0.500. The molecule has 110 valence electrons. The topological polar surface area (TPSA) is 80.5 Å². The average molecular weight is 296 g/mol. The summed E-state index contributed by atoms with van der Waals surface area (Å²) in [6.45, 7) is 3.25. The van der Waals surface area contributed by atoms with Crippen LogP contribution >= 0.6 is 0 Å². The van der Waals surface area contributed by atoms with Gasteiger partial charge in [0.2, 0.25) is 5.91 Å². The molecule has 0 fully saturated rings. The lowest BCUT2D eigenvalue weighted by atomic mass is 9.94. The second kappa shape index (κ2) is 4.56. The number of amides is 1. The molecule has 2 N–H and O–H groups in total. The molecule has 6 heteroatoms. The van der Waals surface area contributed by atoms with Gasteiger partial charge in [-0.2, -0.15) is 0 Å². The molecule has 0 spiro atoms. The first-order chi connectivity index (χ1) is 9.05. The molecular formula is C14H20N2O3S. The second-order valence-corrected chi connectivity index (χ2v) is 8.47. The molecule has 0 bridgehead atoms. The Morgan fingerprint density at radius 2 is 1.95 bits per heavy atom. The van der Waals surface area contributed by atoms with Crippen LogP contribution in [-0.2, 0) is 21.1 Å². The molecular weight excluding hydrogens is 276 g/mol. The summed E-state index contributed by atoms with van der Waals surface area (Å²) in [4.78, 5) is 13.3. The monoisotopic (exact) mass is 296 g/mol. The predicted octanol–water partition coefficient (Wildman–Crippen LogP) is 1.03. The van der Waals surface area contributed by atoms with Gasteiger partial charge in [-0.3, -0.25) is 4.79 Å². The van der Waals surface area contributed by atoms with E-state index in [1.165, 1.54) is 6.26 Å². The maximum atomic E-state index is 11.9. The molecule has 1 aromatic carbocycles. The SMILES string of the molecule is CN1C(=O)Cc2cc(C(N)C(C)(C)S(C)(=O)=O)ccc21. The number of fused-ring (bicyclic) bond motifs is 1. The zero-order chi connectivity index (χ0) is 15.3. The van der Waals surface area contributed by atoms with Crippen LogP contribution in [0, 0.1) is 0 Å². The zero-order valence-corrected chi connectivity index (χ0v) is 13.0. The summed E-state index contributed by atoms with van der Waals surface area (Å²) >= 11 is 0. The van der Waals surface area contributed by atoms with Gasteiger partial charge in [-0.1, -0.05) is 12.1 Å². The van der Waals surface area contributed by atoms with Crippen molar-refractivity contribution in [3.8, 4) is 0 Å². The van der Waals surface area contributed by atoms with Crippen molar-refractivity contribution in [3.63, 3.8) is 0 Å². The molecule has 1 aromatic rings. The predicted molar refractivity (Wildman–Crippen MR) is 79.4 cm³/mol. The Hall–Kier alpha value is -1.40. The minimum absolute atomic E-state index is 0.0353. The van der Waals surface area contributed by atoms with Crippen molar-refractivity contribution in [1.29, 1.82) is 0 Å². The molecule has 0 aliphatic carbocycles. The standard InChI is InChI=1S/C14H20N2O3S/c1-14(2,20(4,18)19)13(15)9-5-6-11-10(7-9)8-12(17)16(11)3/h5-7,13H,8,15H2,1-4H3. The lowest BCUT2D eigenvalue weighted by molar-refractivity contribution is -0.117. The third-order valence-electron chi connectivity index (χ3n) is 4.24. The zero-order valence-electron chi connectivity index (χ0n) is 12.2. The quantitative estimate of drug-likeness (QED) is 0.903. The molecule has 1 aliphatic rings. The van der Waals surface area contributed by atoms with E-state index in [9.17, 15) is 13.2 Å². The number of carbonyl (C=O) groups is 1. The van der Waals surface area contributed by atoms with Crippen LogP contribution in [0.1, 0.15) is 31.0 Å². The second-order valence-electron chi connectivity index (χ2n) is 5.87. The highest BCUT2D eigenvalue weighted by Crippen LogP contribution is 2.34. The van der Waals surface area contributed by atoms with Crippen LogP contribution in [0.3, 0.4) is 0 Å². The van der Waals surface area contributed by atoms with Gasteiger partial charge >= 0.3 is 0 Å². The van der Waals surface area contributed by atoms with Gasteiger partial charge in [-0.05, 0) is 31.0 Å². The molecule has 1 aliphatic heterocycles. The Bertz CT molecular complexity index is 665. The van der Waals surface area contributed by atoms with Crippen LogP contribution in [0.25, 0.3) is 0 Å². The number of anilines is 1. The first-order valence-corrected chi connectivity index (χ1v) is 8.29. The van der Waals surface area contributed by atoms with E-state index in [0.717, 1.165) is 16.8 Å². The fourth-order valence-corrected chi connectivity index (χ4v) is 2.91. The average Bonchev–Trinajstić information content (AvgIpc) is 2.62. The maximum absolute atomic E-state index is 11.9. The number of hydrogen-bond acceptors (Lipinski definition) is 4. The lowest BCUT2D eigenvalue weighted by Crippen LogP contribution is -2.42. The Morgan fingerprint density at radius 3 is 2.50 bits per heavy atom. The third-order valence-corrected chi connectivity index (χ3v) is 6.41. The third kappa shape index (κ3) is 2.23. The number of nitrogens with zero attached hydrogens (tertiary/aromatic N) is 1. The molecule has 1 heterocycles. The summed E-state index contributed by atoms with van der Waals surface area (Å²) in [5.74, 6) is 0.0353. The van der Waals surface area contributed by atoms with Crippen LogP contribution in [0.5, 0.6) is 0 Å². The van der Waals surface area contributed by atoms with Gasteiger partial charge < -0.3 is 10.6 Å². The number of sulfone groups is 1. The molecule has 5 nitrogen and oxygen atoms in total. The van der Waals surface area contributed by atoms with Gasteiger partial charge in [-0.25, -0.2) is 8.42 Å². The molecule has 1 amide bonds. The van der Waals surface area contributed by atoms with E-state index in [1.54, 1.807) is 31.9 Å². The molecule has 1 atom stereocenters. The first-order valence-electron chi connectivity index (χ1n) is 6.40. The van der Waals surface area contributed by atoms with Gasteiger partial charge in [0.15, 0.2) is 9.84 Å². The smallest absolute Gasteiger partial charge is 0.231 e. The van der Waals surface area contributed by atoms with Crippen LogP contribution in [-0.4, -0.2) is 32.4 Å². The van der Waals surface area contributed by atoms with Gasteiger partial charge in [0, 0.05) is 25.0 Å². The van der Waals surface area contributed by atoms with Gasteiger partial charge in [0.25, 0.3) is 0 Å². The van der Waals surface area contributed by atoms with Crippen molar-refractivity contribution in [2.75, 3.05) is 18.2 Å². The molecule has 20 heavy (non-hydrogen) atoms. The summed E-state index contributed by atoms with van der Waals surface area (Å²) in [7, 11) is -1.56. The Kier molecular flexibility index (Phi) is 3.42. The van der Waals surface area contributed by atoms with Crippen LogP contribution in [0.15, 0.2) is 18.2 Å². The molecule has 1 unspecified atom stereocenters. The van der Waals surface area contributed by atoms with E-state index < -0.39 is 20.6 Å². The Morgan fingerprint density at radius 1 is 1.35 bits per heavy atom. The largest absolute Gasteiger partial charge is 0.323 e. The van der Waals surface area contributed by atoms with E-state index in [-0.39, 0.29) is 5.91 Å². The Labute approximate surface area is 119 Å². The number of carbonyl (C=O) groups excluding carboxylic acids is 1. The molecule has 0 saturated carbocycles. The van der Waals surface area contributed by atoms with E-state index in [4.69, 9.17) is 5.73 Å². The van der Waals surface area contributed by atoms with E-state index >= 15 is 0 Å². The van der Waals surface area contributed by atoms with Crippen molar-refractivity contribution >= 4 is 21.4 Å². The fourth-order valence-electron chi connectivity index (χ4n) is 2.32. The minimum atomic E-state index is -3.29. The normalized spacial score (nSPS) is 17.2. The van der Waals surface area contributed by atoms with Crippen molar-refractivity contribution in [1.82, 2.24) is 0 Å². The van der Waals surface area contributed by atoms with E-state index in [0.29, 0.717) is 6.42 Å². The highest BCUT2D eigenvalue weighted by Gasteiger charge is 2.38. The van der Waals surface area contributed by atoms with E-state index in [2.05, 4.69) is 0 Å². The summed E-state index contributed by atoms with van der Waals surface area (Å²) in [6.07, 6.45) is 1.53. The highest BCUT2D eigenvalue weighted by molar-refractivity contribution is 7.92. The van der Waals surface area contributed by atoms with Gasteiger partial charge in [0.05, 0.1) is 11.2 Å². The van der Waals surface area contributed by atoms with Crippen molar-refractivity contribution in [2.24, 2.45) is 5.73 Å². The van der Waals surface area contributed by atoms with Crippen LogP contribution in [0.4, 0.5) is 5.69 Å². The van der Waals surface area contributed by atoms with Crippen molar-refractivity contribution in [2.45, 2.75) is 31.1 Å². The van der Waals surface area contributed by atoms with Gasteiger partial charge in [-0.15, -0.1) is 0 Å². The summed E-state index contributed by atoms with van der Waals surface area (Å²) in [5.41, 5.74) is 8.64. The van der Waals surface area contributed by atoms with Crippen molar-refractivity contribution in [3.05, 3.63) is 29.3 Å². The number of likely N-dealkylation sites (N-methyl/N-ethyl adjacent to an activating group) is 1. The van der Waals surface area contributed by atoms with Gasteiger partial charge in [0.1, 0.15) is 0 Å². The van der Waals surface area contributed by atoms with Crippen LogP contribution in [0.2, 0.25) is 0 Å². The molecule has 0 aromatic heterocycles. The number of benzene rings is 1. The van der Waals surface area contributed by atoms with E-state index in [1.807, 2.05) is 12.1 Å². The molecule has 0 saturated heterocycles. The first kappa shape index (κ1) is 15.0. The Balaban J connectivity index is 2.42. The number of hydrogen-bond donors (Lipinski definition) is 1. The summed E-state index contributed by atoms with van der Waals surface area (Å²) < 4.78 is 22.7. The molecule has 0 radical (unpaired) electrons. The lowest BCUT2D eigenvalue weighted by Gasteiger charge is -2.30. The minimum Gasteiger partial charge on any atom is -0.323 e. The van der Waals surface area contributed by atoms with Crippen LogP contribution < -0.4 is 10.6 Å². The number of rotatable bonds is 3. The van der Waals surface area contributed by atoms with Crippen molar-refractivity contribution < 1.29 is 13.2 Å². The summed E-state index contributed by atoms with van der Waals surface area (Å²) in [6, 6.07) is 4.83. The molecule has 2 rings (SSSR count). The number of nitrogens with two attached hydrogens (primary N) is 1. The highest BCUT2D eigenvalue weighted by atomic mass is 32.2. The maximum Gasteiger partial charge on any atom is 0.231 e.